The average molecular weight is 498 g/mol. The second kappa shape index (κ2) is 12.3. The molecule has 1 atom stereocenters. The lowest BCUT2D eigenvalue weighted by Crippen LogP contribution is -2.32. The molecular formula is C22H25Cl2N3O6. The SMILES string of the molecule is CCOc1ccc(N=NC(C(C)=O)C(=O)Nc2cc(Cl)c(OC)cc2OC)c(Cl)c1OCC. The zero-order chi connectivity index (χ0) is 24.5. The van der Waals surface area contributed by atoms with Gasteiger partial charge in [0.1, 0.15) is 22.2 Å². The summed E-state index contributed by atoms with van der Waals surface area (Å²) in [7, 11) is 2.87. The molecule has 0 aliphatic heterocycles. The van der Waals surface area contributed by atoms with Gasteiger partial charge in [-0.25, -0.2) is 0 Å². The maximum atomic E-state index is 12.8. The number of Topliss-reactive ketones (excluding diaryl/α,β-unsaturated/α-hetero) is 1. The quantitative estimate of drug-likeness (QED) is 0.324. The Labute approximate surface area is 202 Å². The second-order valence-electron chi connectivity index (χ2n) is 6.50. The number of hydrogen-bond donors (Lipinski definition) is 1. The van der Waals surface area contributed by atoms with E-state index >= 15 is 0 Å². The van der Waals surface area contributed by atoms with Crippen molar-refractivity contribution in [2.45, 2.75) is 26.8 Å². The number of nitrogens with zero attached hydrogens (tertiary/aromatic N) is 2. The fraction of sp³-hybridized carbons (Fsp3) is 0.364. The van der Waals surface area contributed by atoms with E-state index in [4.69, 9.17) is 42.1 Å². The summed E-state index contributed by atoms with van der Waals surface area (Å²) in [6, 6.07) is 4.71. The maximum Gasteiger partial charge on any atom is 0.258 e. The molecule has 1 unspecified atom stereocenters. The van der Waals surface area contributed by atoms with Crippen LogP contribution in [0.25, 0.3) is 0 Å². The van der Waals surface area contributed by atoms with Gasteiger partial charge in [0.05, 0.1) is 38.1 Å². The molecule has 0 bridgehead atoms. The van der Waals surface area contributed by atoms with Crippen LogP contribution in [0.2, 0.25) is 10.0 Å². The van der Waals surface area contributed by atoms with Gasteiger partial charge >= 0.3 is 0 Å². The molecule has 0 aromatic heterocycles. The number of ether oxygens (including phenoxy) is 4. The number of rotatable bonds is 11. The molecular weight excluding hydrogens is 473 g/mol. The van der Waals surface area contributed by atoms with Crippen molar-refractivity contribution < 1.29 is 28.5 Å². The molecule has 0 saturated heterocycles. The van der Waals surface area contributed by atoms with E-state index in [1.807, 2.05) is 6.92 Å². The molecule has 9 nitrogen and oxygen atoms in total. The number of halogens is 2. The predicted molar refractivity (Wildman–Crippen MR) is 126 cm³/mol. The smallest absolute Gasteiger partial charge is 0.258 e. The minimum absolute atomic E-state index is 0.151. The summed E-state index contributed by atoms with van der Waals surface area (Å²) in [5.41, 5.74) is 0.458. The minimum atomic E-state index is -1.44. The Kier molecular flexibility index (Phi) is 9.74. The normalized spacial score (nSPS) is 11.7. The number of carbonyl (C=O) groups excluding carboxylic acids is 2. The Hall–Kier alpha value is -3.04. The lowest BCUT2D eigenvalue weighted by Gasteiger charge is -2.15. The van der Waals surface area contributed by atoms with E-state index in [0.29, 0.717) is 36.2 Å². The lowest BCUT2D eigenvalue weighted by molar-refractivity contribution is -0.126. The molecule has 11 heteroatoms. The number of ketones is 1. The van der Waals surface area contributed by atoms with Gasteiger partial charge < -0.3 is 24.3 Å². The fourth-order valence-corrected chi connectivity index (χ4v) is 3.24. The first-order chi connectivity index (χ1) is 15.8. The van der Waals surface area contributed by atoms with Gasteiger partial charge in [-0.1, -0.05) is 23.2 Å². The molecule has 2 aromatic rings. The third-order valence-electron chi connectivity index (χ3n) is 4.28. The van der Waals surface area contributed by atoms with Crippen molar-refractivity contribution in [2.24, 2.45) is 10.2 Å². The van der Waals surface area contributed by atoms with Crippen LogP contribution in [0.5, 0.6) is 23.0 Å². The van der Waals surface area contributed by atoms with Crippen LogP contribution in [-0.2, 0) is 9.59 Å². The van der Waals surface area contributed by atoms with E-state index in [0.717, 1.165) is 0 Å². The van der Waals surface area contributed by atoms with E-state index in [1.165, 1.54) is 33.3 Å². The molecule has 2 aromatic carbocycles. The van der Waals surface area contributed by atoms with Crippen LogP contribution in [0.1, 0.15) is 20.8 Å². The number of methoxy groups -OCH3 is 2. The monoisotopic (exact) mass is 497 g/mol. The molecule has 0 saturated carbocycles. The van der Waals surface area contributed by atoms with Crippen molar-refractivity contribution in [1.82, 2.24) is 0 Å². The maximum absolute atomic E-state index is 12.8. The number of amides is 1. The van der Waals surface area contributed by atoms with Crippen LogP contribution in [-0.4, -0.2) is 45.2 Å². The number of anilines is 1. The summed E-state index contributed by atoms with van der Waals surface area (Å²) >= 11 is 12.5. The van der Waals surface area contributed by atoms with E-state index in [2.05, 4.69) is 15.5 Å². The summed E-state index contributed by atoms with van der Waals surface area (Å²) in [6.07, 6.45) is 0. The Morgan fingerprint density at radius 3 is 2.24 bits per heavy atom. The van der Waals surface area contributed by atoms with Crippen LogP contribution in [0.15, 0.2) is 34.5 Å². The van der Waals surface area contributed by atoms with Gasteiger partial charge in [0.2, 0.25) is 6.04 Å². The van der Waals surface area contributed by atoms with Crippen molar-refractivity contribution >= 4 is 46.3 Å². The standard InChI is InChI=1S/C22H25Cl2N3O6/c1-6-32-16-9-8-14(19(24)21(16)33-7-2)26-27-20(12(3)28)22(29)25-15-10-13(23)17(30-4)11-18(15)31-5/h8-11,20H,6-7H2,1-5H3,(H,25,29). The minimum Gasteiger partial charge on any atom is -0.495 e. The lowest BCUT2D eigenvalue weighted by atomic mass is 10.2. The first-order valence-electron chi connectivity index (χ1n) is 9.99. The van der Waals surface area contributed by atoms with Gasteiger partial charge in [-0.15, -0.1) is 0 Å². The average Bonchev–Trinajstić information content (AvgIpc) is 2.77. The van der Waals surface area contributed by atoms with Gasteiger partial charge in [0.25, 0.3) is 5.91 Å². The van der Waals surface area contributed by atoms with Crippen molar-refractivity contribution in [3.05, 3.63) is 34.3 Å². The highest BCUT2D eigenvalue weighted by Gasteiger charge is 2.25. The zero-order valence-corrected chi connectivity index (χ0v) is 20.4. The van der Waals surface area contributed by atoms with Crippen molar-refractivity contribution in [1.29, 1.82) is 0 Å². The van der Waals surface area contributed by atoms with Crippen LogP contribution >= 0.6 is 23.2 Å². The third kappa shape index (κ3) is 6.49. The largest absolute Gasteiger partial charge is 0.495 e. The summed E-state index contributed by atoms with van der Waals surface area (Å²) in [5.74, 6) is 0.163. The highest BCUT2D eigenvalue weighted by Crippen LogP contribution is 2.42. The first kappa shape index (κ1) is 26.2. The Bertz CT molecular complexity index is 1050. The van der Waals surface area contributed by atoms with Gasteiger partial charge in [-0.2, -0.15) is 10.2 Å². The highest BCUT2D eigenvalue weighted by molar-refractivity contribution is 6.34. The molecule has 0 radical (unpaired) electrons. The molecule has 33 heavy (non-hydrogen) atoms. The Morgan fingerprint density at radius 2 is 1.67 bits per heavy atom. The number of hydrogen-bond acceptors (Lipinski definition) is 8. The van der Waals surface area contributed by atoms with Gasteiger partial charge in [0, 0.05) is 6.07 Å². The molecule has 178 valence electrons. The third-order valence-corrected chi connectivity index (χ3v) is 4.94. The van der Waals surface area contributed by atoms with Crippen LogP contribution in [0, 0.1) is 0 Å². The number of nitrogens with one attached hydrogen (secondary N) is 1. The molecule has 0 aliphatic rings. The van der Waals surface area contributed by atoms with E-state index < -0.39 is 17.7 Å². The number of azo groups is 1. The summed E-state index contributed by atoms with van der Waals surface area (Å²) in [6.45, 7) is 5.63. The molecule has 0 fully saturated rings. The molecule has 2 rings (SSSR count). The van der Waals surface area contributed by atoms with E-state index in [-0.39, 0.29) is 21.4 Å². The first-order valence-corrected chi connectivity index (χ1v) is 10.7. The van der Waals surface area contributed by atoms with Crippen LogP contribution in [0.3, 0.4) is 0 Å². The predicted octanol–water partition coefficient (Wildman–Crippen LogP) is 5.49. The zero-order valence-electron chi connectivity index (χ0n) is 18.9. The summed E-state index contributed by atoms with van der Waals surface area (Å²) in [4.78, 5) is 25.0. The summed E-state index contributed by atoms with van der Waals surface area (Å²) in [5, 5.41) is 10.9. The van der Waals surface area contributed by atoms with Crippen molar-refractivity contribution in [2.75, 3.05) is 32.8 Å². The molecule has 0 aliphatic carbocycles. The van der Waals surface area contributed by atoms with Gasteiger partial charge in [0.15, 0.2) is 17.3 Å². The van der Waals surface area contributed by atoms with Crippen molar-refractivity contribution in [3.8, 4) is 23.0 Å². The number of carbonyl (C=O) groups is 2. The molecule has 0 heterocycles. The fourth-order valence-electron chi connectivity index (χ4n) is 2.75. The van der Waals surface area contributed by atoms with E-state index in [9.17, 15) is 9.59 Å². The van der Waals surface area contributed by atoms with Crippen molar-refractivity contribution in [3.63, 3.8) is 0 Å². The molecule has 0 spiro atoms. The van der Waals surface area contributed by atoms with Crippen LogP contribution < -0.4 is 24.3 Å². The molecule has 1 amide bonds. The topological polar surface area (TPSA) is 108 Å². The Balaban J connectivity index is 2.33. The molecule has 1 N–H and O–H groups in total. The number of benzene rings is 2. The second-order valence-corrected chi connectivity index (χ2v) is 7.28. The highest BCUT2D eigenvalue weighted by atomic mass is 35.5. The Morgan fingerprint density at radius 1 is 1.00 bits per heavy atom. The summed E-state index contributed by atoms with van der Waals surface area (Å²) < 4.78 is 21.5. The van der Waals surface area contributed by atoms with E-state index in [1.54, 1.807) is 19.1 Å². The van der Waals surface area contributed by atoms with Crippen LogP contribution in [0.4, 0.5) is 11.4 Å². The van der Waals surface area contributed by atoms with Gasteiger partial charge in [-0.05, 0) is 39.0 Å². The van der Waals surface area contributed by atoms with Gasteiger partial charge in [-0.3, -0.25) is 9.59 Å².